The molecule has 4 fully saturated rings. The second-order valence-corrected chi connectivity index (χ2v) is 40.1. The Hall–Kier alpha value is -15.0. The van der Waals surface area contributed by atoms with Crippen molar-refractivity contribution in [2.24, 2.45) is 66.4 Å². The first-order chi connectivity index (χ1) is 72.9. The van der Waals surface area contributed by atoms with Crippen molar-refractivity contribution in [3.63, 3.8) is 0 Å². The number of nitrogens with zero attached hydrogens (tertiary/aromatic N) is 15. The molecule has 0 atom stereocenters. The van der Waals surface area contributed by atoms with Crippen LogP contribution in [0.15, 0.2) is 280 Å². The average Bonchev–Trinajstić information content (AvgIpc) is 1.59. The van der Waals surface area contributed by atoms with E-state index in [0.29, 0.717) is 19.0 Å². The molecule has 31 heteroatoms. The van der Waals surface area contributed by atoms with E-state index in [4.69, 9.17) is 9.47 Å². The number of pyridine rings is 8. The third-order valence-electron chi connectivity index (χ3n) is 29.4. The lowest BCUT2D eigenvalue weighted by Crippen LogP contribution is -2.37. The fourth-order valence-corrected chi connectivity index (χ4v) is 20.5. The van der Waals surface area contributed by atoms with Crippen LogP contribution in [0.2, 0.25) is 0 Å². The van der Waals surface area contributed by atoms with Gasteiger partial charge in [-0.25, -0.2) is 4.99 Å². The number of morpholine rings is 1. The van der Waals surface area contributed by atoms with Crippen molar-refractivity contribution in [2.45, 2.75) is 77.0 Å². The first-order valence-corrected chi connectivity index (χ1v) is 53.0. The topological polar surface area (TPSA) is 308 Å². The number of benzene rings is 8. The molecule has 31 nitrogen and oxygen atoms in total. The van der Waals surface area contributed by atoms with Gasteiger partial charge >= 0.3 is 0 Å². The highest BCUT2D eigenvalue weighted by molar-refractivity contribution is 6.03. The summed E-state index contributed by atoms with van der Waals surface area (Å²) in [6.45, 7) is 24.8. The lowest BCUT2D eigenvalue weighted by molar-refractivity contribution is 0.0378. The maximum Gasteiger partial charge on any atom is 0.258 e. The highest BCUT2D eigenvalue weighted by Gasteiger charge is 2.22. The zero-order chi connectivity index (χ0) is 105. The second kappa shape index (κ2) is 50.8. The van der Waals surface area contributed by atoms with Gasteiger partial charge in [-0.1, -0.05) is 12.5 Å². The number of ether oxygens (including phenoxy) is 2. The van der Waals surface area contributed by atoms with Gasteiger partial charge in [-0.15, -0.1) is 0 Å². The van der Waals surface area contributed by atoms with E-state index in [1.165, 1.54) is 120 Å². The summed E-state index contributed by atoms with van der Waals surface area (Å²) in [6, 6.07) is 59.3. The number of piperidine rings is 1. The number of rotatable bonds is 21. The summed E-state index contributed by atoms with van der Waals surface area (Å²) < 4.78 is 23.6. The monoisotopic (exact) mass is 2030 g/mol. The SMILES string of the molecule is CN1CCN=C1c1ccc2c(=O)n(C)ccc2c1.Cn1ccc2c3c(ccc2c1=O)NCC3.Cn1ccc2cc(C3=NCCO3)ccc2c1=O.Cn1ccc2cc(NCCCN3CCCC3)ccc2c1=O.Cn1ccc2cc(NCCCN3CCCCC3)ccc2c1=O.Cn1ccc2cc(NCCCN3CCOCC3)ccc2c1=O.Cn1ccc2cc(NCCN3CCCC3)ccc2c1=O.Cn1ccc2cc3c(cc2c1=O)CCN3. The molecule has 0 radical (unpaired) electrons. The van der Waals surface area contributed by atoms with Gasteiger partial charge in [0.05, 0.1) is 26.3 Å². The van der Waals surface area contributed by atoms with Crippen molar-refractivity contribution in [2.75, 3.05) is 196 Å². The van der Waals surface area contributed by atoms with Gasteiger partial charge in [0.2, 0.25) is 5.90 Å². The lowest BCUT2D eigenvalue weighted by Gasteiger charge is -2.26. The molecule has 6 N–H and O–H groups in total. The summed E-state index contributed by atoms with van der Waals surface area (Å²) in [4.78, 5) is 116. The zero-order valence-electron chi connectivity index (χ0n) is 88.2. The average molecular weight is 2030 g/mol. The van der Waals surface area contributed by atoms with E-state index in [1.54, 1.807) is 105 Å². The van der Waals surface area contributed by atoms with Crippen LogP contribution < -0.4 is 76.4 Å². The van der Waals surface area contributed by atoms with Gasteiger partial charge in [0, 0.05) is 267 Å². The molecule has 784 valence electrons. The molecule has 16 aromatic rings. The van der Waals surface area contributed by atoms with Gasteiger partial charge in [0.15, 0.2) is 0 Å². The van der Waals surface area contributed by atoms with Crippen LogP contribution in [0, 0.1) is 0 Å². The number of aromatic nitrogens is 8. The summed E-state index contributed by atoms with van der Waals surface area (Å²) in [6.07, 6.45) is 29.4. The molecule has 150 heavy (non-hydrogen) atoms. The van der Waals surface area contributed by atoms with E-state index in [2.05, 4.69) is 90.7 Å². The van der Waals surface area contributed by atoms with Crippen LogP contribution in [-0.4, -0.2) is 237 Å². The summed E-state index contributed by atoms with van der Waals surface area (Å²) in [5.41, 5.74) is 11.7. The van der Waals surface area contributed by atoms with Gasteiger partial charge in [-0.3, -0.25) is 48.2 Å². The highest BCUT2D eigenvalue weighted by atomic mass is 16.5. The number of fused-ring (bicyclic) bond motifs is 11. The first-order valence-electron chi connectivity index (χ1n) is 53.0. The second-order valence-electron chi connectivity index (χ2n) is 40.1. The summed E-state index contributed by atoms with van der Waals surface area (Å²) in [7, 11) is 16.3. The molecule has 0 unspecified atom stereocenters. The largest absolute Gasteiger partial charge is 0.476 e. The van der Waals surface area contributed by atoms with E-state index in [-0.39, 0.29) is 44.5 Å². The molecular formula is C119H143N21O10. The van der Waals surface area contributed by atoms with Crippen molar-refractivity contribution in [3.8, 4) is 0 Å². The van der Waals surface area contributed by atoms with Crippen molar-refractivity contribution >= 4 is 132 Å². The van der Waals surface area contributed by atoms with Crippen LogP contribution in [0.5, 0.6) is 0 Å². The normalized spacial score (nSPS) is 15.3. The number of amidine groups is 1. The van der Waals surface area contributed by atoms with Gasteiger partial charge in [0.1, 0.15) is 12.4 Å². The van der Waals surface area contributed by atoms with Gasteiger partial charge in [0.25, 0.3) is 44.5 Å². The Morgan fingerprint density at radius 1 is 0.287 bits per heavy atom. The van der Waals surface area contributed by atoms with E-state index < -0.39 is 0 Å². The van der Waals surface area contributed by atoms with Crippen LogP contribution in [0.3, 0.4) is 0 Å². The maximum absolute atomic E-state index is 12.0. The molecule has 0 saturated carbocycles. The fraction of sp³-hybridized carbons (Fsp3) is 0.378. The number of likely N-dealkylation sites (N-methyl/N-ethyl adjacent to an activating group) is 1. The minimum Gasteiger partial charge on any atom is -0.476 e. The predicted molar refractivity (Wildman–Crippen MR) is 616 cm³/mol. The molecule has 8 aliphatic rings. The van der Waals surface area contributed by atoms with Gasteiger partial charge < -0.3 is 97.5 Å². The molecule has 8 aromatic carbocycles. The molecule has 0 spiro atoms. The third-order valence-corrected chi connectivity index (χ3v) is 29.4. The van der Waals surface area contributed by atoms with Crippen LogP contribution in [-0.2, 0) is 78.7 Å². The molecule has 16 heterocycles. The Balaban J connectivity index is 0.000000117. The molecule has 8 aliphatic heterocycles. The number of hydrogen-bond acceptors (Lipinski definition) is 23. The first kappa shape index (κ1) is 106. The van der Waals surface area contributed by atoms with E-state index in [0.717, 1.165) is 250 Å². The molecule has 24 rings (SSSR count). The number of nitrogens with one attached hydrogen (secondary N) is 6. The molecular weight excluding hydrogens is 1880 g/mol. The summed E-state index contributed by atoms with van der Waals surface area (Å²) in [5, 5.41) is 34.7. The highest BCUT2D eigenvalue weighted by Crippen LogP contribution is 2.31. The quantitative estimate of drug-likeness (QED) is 0.0364. The Bertz CT molecular complexity index is 7950. The minimum absolute atomic E-state index is 0.0170. The number of hydrogen-bond donors (Lipinski definition) is 6. The number of anilines is 6. The van der Waals surface area contributed by atoms with Crippen molar-refractivity contribution in [1.29, 1.82) is 0 Å². The molecule has 4 saturated heterocycles. The third kappa shape index (κ3) is 26.8. The van der Waals surface area contributed by atoms with Crippen molar-refractivity contribution in [3.05, 3.63) is 337 Å². The van der Waals surface area contributed by atoms with Crippen molar-refractivity contribution in [1.82, 2.24) is 61.0 Å². The molecule has 0 amide bonds. The standard InChI is InChI=1S/C18H25N3O.C17H23N3O2.C17H23N3O.C16H21N3O.C14H15N3O.C13H12N2O2.2C12H12N2O/c1-20-13-8-15-14-16(6-7-17(15)18(20)22)19-9-5-12-21-10-3-2-4-11-21;1-19-8-5-14-13-15(3-4-16(14)17(19)21)18-6-2-7-20-9-11-22-12-10-20;1-19-12-7-14-13-15(5-6-16(14)17(19)21)18-8-4-11-20-9-2-3-10-20;1-18-10-6-13-12-14(4-5-15(13)16(18)20)17-7-11-19-8-2-3-9-19;1-16-8-6-15-13(16)11-3-4-12-10(9-11)5-7-17(2)14(12)18;1-15-6-4-9-8-10(12-14-5-7-17-12)2-3-11(9)13(15)16;1-14-5-3-8-7-11-9(2-4-13-11)6-10(8)12(14)15;1-14-7-5-8-9-4-6-13-11(9)3-2-10(8)12(14)15/h6-8,13-14,19H,2-5,9-12H2,1H3;3-5,8,13,18H,2,6-7,9-12H2,1H3;5-7,12-13,18H,2-4,8-11H2,1H3;4-6,10,12,17H,2-3,7-9,11H2,1H3;3-5,7,9H,6,8H2,1-2H3;2-4,6,8H,5,7H2,1H3;3,5-7,13H,2,4H2,1H3;2-3,5,7,13H,4,6H2,1H3. The lowest BCUT2D eigenvalue weighted by atomic mass is 10.0. The Labute approximate surface area is 873 Å². The maximum atomic E-state index is 12.0. The van der Waals surface area contributed by atoms with Crippen LogP contribution >= 0.6 is 0 Å². The summed E-state index contributed by atoms with van der Waals surface area (Å²) >= 11 is 0. The fourth-order valence-electron chi connectivity index (χ4n) is 20.5. The predicted octanol–water partition coefficient (Wildman–Crippen LogP) is 14.5. The van der Waals surface area contributed by atoms with E-state index in [1.807, 2.05) is 202 Å². The Kier molecular flexibility index (Phi) is 36.0. The zero-order valence-corrected chi connectivity index (χ0v) is 88.2. The summed E-state index contributed by atoms with van der Waals surface area (Å²) in [5.74, 6) is 1.69. The smallest absolute Gasteiger partial charge is 0.258 e. The van der Waals surface area contributed by atoms with Crippen LogP contribution in [0.25, 0.3) is 86.2 Å². The Morgan fingerprint density at radius 3 is 1.05 bits per heavy atom. The number of aryl methyl sites for hydroxylation is 8. The number of aliphatic imine (C=N–C) groups is 2. The van der Waals surface area contributed by atoms with E-state index in [9.17, 15) is 38.4 Å². The van der Waals surface area contributed by atoms with Crippen molar-refractivity contribution < 1.29 is 9.47 Å². The van der Waals surface area contributed by atoms with E-state index >= 15 is 0 Å². The van der Waals surface area contributed by atoms with Crippen LogP contribution in [0.4, 0.5) is 34.1 Å². The minimum atomic E-state index is 0.0170. The van der Waals surface area contributed by atoms with Gasteiger partial charge in [-0.05, 0) is 360 Å². The Morgan fingerprint density at radius 2 is 0.633 bits per heavy atom. The van der Waals surface area contributed by atoms with Gasteiger partial charge in [-0.2, -0.15) is 0 Å². The molecule has 0 bridgehead atoms. The molecule has 0 aliphatic carbocycles. The van der Waals surface area contributed by atoms with Crippen LogP contribution in [0.1, 0.15) is 86.5 Å². The molecule has 8 aromatic heterocycles. The number of likely N-dealkylation sites (tertiary alicyclic amines) is 3.